The molecule has 0 aromatic carbocycles. The van der Waals surface area contributed by atoms with Crippen molar-refractivity contribution in [3.05, 3.63) is 24.0 Å². The summed E-state index contributed by atoms with van der Waals surface area (Å²) in [5.74, 6) is -0.170. The molecule has 0 aromatic rings. The summed E-state index contributed by atoms with van der Waals surface area (Å²) in [5.41, 5.74) is -1.95. The first-order chi connectivity index (χ1) is 13.5. The van der Waals surface area contributed by atoms with Gasteiger partial charge >= 0.3 is 0 Å². The van der Waals surface area contributed by atoms with Gasteiger partial charge in [0.1, 0.15) is 17.6 Å². The van der Waals surface area contributed by atoms with Crippen molar-refractivity contribution in [1.29, 1.82) is 0 Å². The van der Waals surface area contributed by atoms with Crippen molar-refractivity contribution in [3.8, 4) is 0 Å². The summed E-state index contributed by atoms with van der Waals surface area (Å²) < 4.78 is 37.6. The number of ketones is 2. The van der Waals surface area contributed by atoms with Gasteiger partial charge in [-0.3, -0.25) is 13.8 Å². The second-order valence-corrected chi connectivity index (χ2v) is 11.5. The second kappa shape index (κ2) is 6.51. The molecule has 0 saturated heterocycles. The highest BCUT2D eigenvalue weighted by molar-refractivity contribution is 7.86. The van der Waals surface area contributed by atoms with Gasteiger partial charge in [-0.25, -0.2) is 0 Å². The van der Waals surface area contributed by atoms with Crippen molar-refractivity contribution in [1.82, 2.24) is 0 Å². The maximum atomic E-state index is 13.2. The lowest BCUT2D eigenvalue weighted by Gasteiger charge is -2.44. The van der Waals surface area contributed by atoms with E-state index in [2.05, 4.69) is 0 Å². The molecule has 0 N–H and O–H groups in total. The lowest BCUT2D eigenvalue weighted by atomic mass is 9.62. The third-order valence-electron chi connectivity index (χ3n) is 8.45. The Balaban J connectivity index is 1.65. The van der Waals surface area contributed by atoms with E-state index in [1.807, 2.05) is 32.9 Å². The zero-order valence-corrected chi connectivity index (χ0v) is 18.4. The summed E-state index contributed by atoms with van der Waals surface area (Å²) >= 11 is 0. The van der Waals surface area contributed by atoms with E-state index < -0.39 is 27.1 Å². The fraction of sp³-hybridized carbons (Fsp3) is 0.727. The third kappa shape index (κ3) is 2.87. The zero-order valence-electron chi connectivity index (χ0n) is 17.6. The average Bonchev–Trinajstić information content (AvgIpc) is 2.98. The molecule has 0 spiro atoms. The number of hydrogen-bond donors (Lipinski definition) is 0. The molecule has 6 nitrogen and oxygen atoms in total. The Kier molecular flexibility index (Phi) is 4.67. The van der Waals surface area contributed by atoms with Crippen LogP contribution in [-0.2, 0) is 28.6 Å². The molecule has 29 heavy (non-hydrogen) atoms. The van der Waals surface area contributed by atoms with Crippen LogP contribution in [0.4, 0.5) is 0 Å². The number of hydrogen-bond acceptors (Lipinski definition) is 6. The number of ether oxygens (including phenoxy) is 1. The molecule has 7 heteroatoms. The maximum Gasteiger partial charge on any atom is 0.269 e. The highest BCUT2D eigenvalue weighted by Crippen LogP contribution is 2.64. The number of carbonyl (C=O) groups is 2. The topological polar surface area (TPSA) is 86.7 Å². The SMILES string of the molecule is COC1=CC(=O)[C@]2(C)CC=CC[C@@H]2[C@H]1OS(=O)(=O)C[C@@]12CC[C@@H](CC1=O)C2(C)C. The van der Waals surface area contributed by atoms with Crippen molar-refractivity contribution >= 4 is 21.7 Å². The van der Waals surface area contributed by atoms with E-state index in [1.165, 1.54) is 13.2 Å². The van der Waals surface area contributed by atoms with Crippen LogP contribution in [-0.4, -0.2) is 39.0 Å². The maximum absolute atomic E-state index is 13.2. The van der Waals surface area contributed by atoms with Crippen LogP contribution in [0.5, 0.6) is 0 Å². The Morgan fingerprint density at radius 2 is 1.90 bits per heavy atom. The lowest BCUT2D eigenvalue weighted by molar-refractivity contribution is -0.131. The van der Waals surface area contributed by atoms with Gasteiger partial charge in [-0.2, -0.15) is 8.42 Å². The van der Waals surface area contributed by atoms with Crippen LogP contribution in [0.1, 0.15) is 52.9 Å². The van der Waals surface area contributed by atoms with E-state index in [0.717, 1.165) is 6.42 Å². The standard InChI is InChI=1S/C22H30O6S/c1-20(2)14-8-10-22(20,18(24)11-14)13-29(25,26)28-19-15-7-5-6-9-21(15,3)17(23)12-16(19)27-4/h5-6,12,14-15,19H,7-11,13H2,1-4H3/t14-,15+,19+,21+,22-/m0/s1. The summed E-state index contributed by atoms with van der Waals surface area (Å²) in [4.78, 5) is 25.5. The van der Waals surface area contributed by atoms with E-state index in [-0.39, 0.29) is 40.3 Å². The molecule has 0 aromatic heterocycles. The molecule has 4 aliphatic rings. The molecule has 2 fully saturated rings. The monoisotopic (exact) mass is 422 g/mol. The summed E-state index contributed by atoms with van der Waals surface area (Å²) in [6.45, 7) is 5.88. The van der Waals surface area contributed by atoms with Gasteiger partial charge in [0.25, 0.3) is 10.1 Å². The number of fused-ring (bicyclic) bond motifs is 3. The molecule has 0 amide bonds. The van der Waals surface area contributed by atoms with Gasteiger partial charge in [0.15, 0.2) is 5.78 Å². The average molecular weight is 423 g/mol. The molecule has 0 radical (unpaired) electrons. The van der Waals surface area contributed by atoms with Crippen LogP contribution in [0.3, 0.4) is 0 Å². The third-order valence-corrected chi connectivity index (χ3v) is 9.79. The van der Waals surface area contributed by atoms with Crippen LogP contribution < -0.4 is 0 Å². The molecule has 2 bridgehead atoms. The van der Waals surface area contributed by atoms with Crippen LogP contribution in [0.2, 0.25) is 0 Å². The van der Waals surface area contributed by atoms with Gasteiger partial charge < -0.3 is 4.74 Å². The van der Waals surface area contributed by atoms with Crippen molar-refractivity contribution in [2.75, 3.05) is 12.9 Å². The molecule has 0 unspecified atom stereocenters. The Hall–Kier alpha value is -1.47. The molecular weight excluding hydrogens is 392 g/mol. The second-order valence-electron chi connectivity index (χ2n) is 9.94. The van der Waals surface area contributed by atoms with E-state index in [9.17, 15) is 18.0 Å². The van der Waals surface area contributed by atoms with Crippen molar-refractivity contribution in [2.45, 2.75) is 59.0 Å². The van der Waals surface area contributed by atoms with Gasteiger partial charge in [-0.05, 0) is 37.0 Å². The smallest absolute Gasteiger partial charge is 0.269 e. The minimum atomic E-state index is -4.03. The summed E-state index contributed by atoms with van der Waals surface area (Å²) in [5, 5.41) is 0. The van der Waals surface area contributed by atoms with E-state index >= 15 is 0 Å². The molecule has 160 valence electrons. The summed E-state index contributed by atoms with van der Waals surface area (Å²) in [7, 11) is -2.60. The van der Waals surface area contributed by atoms with E-state index in [0.29, 0.717) is 25.7 Å². The Bertz CT molecular complexity index is 914. The number of rotatable bonds is 5. The Morgan fingerprint density at radius 1 is 1.17 bits per heavy atom. The highest BCUT2D eigenvalue weighted by Gasteiger charge is 2.65. The normalized spacial score (nSPS) is 40.7. The number of allylic oxidation sites excluding steroid dienone is 3. The van der Waals surface area contributed by atoms with Gasteiger partial charge in [0, 0.05) is 23.8 Å². The van der Waals surface area contributed by atoms with Gasteiger partial charge in [0.05, 0.1) is 18.3 Å². The summed E-state index contributed by atoms with van der Waals surface area (Å²) in [6.07, 6.45) is 7.45. The molecular formula is C22H30O6S. The predicted molar refractivity (Wildman–Crippen MR) is 107 cm³/mol. The summed E-state index contributed by atoms with van der Waals surface area (Å²) in [6, 6.07) is 0. The predicted octanol–water partition coefficient (Wildman–Crippen LogP) is 3.18. The molecule has 0 heterocycles. The van der Waals surface area contributed by atoms with Crippen molar-refractivity contribution in [3.63, 3.8) is 0 Å². The number of methoxy groups -OCH3 is 1. The largest absolute Gasteiger partial charge is 0.498 e. The Morgan fingerprint density at radius 3 is 2.48 bits per heavy atom. The van der Waals surface area contributed by atoms with Gasteiger partial charge in [0.2, 0.25) is 0 Å². The first-order valence-electron chi connectivity index (χ1n) is 10.4. The molecule has 5 atom stereocenters. The molecule has 4 rings (SSSR count). The van der Waals surface area contributed by atoms with Crippen LogP contribution in [0, 0.1) is 28.1 Å². The number of carbonyl (C=O) groups excluding carboxylic acids is 2. The molecule has 2 saturated carbocycles. The fourth-order valence-electron chi connectivity index (χ4n) is 6.19. The first-order valence-corrected chi connectivity index (χ1v) is 11.9. The van der Waals surface area contributed by atoms with Crippen molar-refractivity contribution in [2.24, 2.45) is 28.1 Å². The van der Waals surface area contributed by atoms with E-state index in [1.54, 1.807) is 0 Å². The fourth-order valence-corrected chi connectivity index (χ4v) is 8.08. The molecule has 4 aliphatic carbocycles. The lowest BCUT2D eigenvalue weighted by Crippen LogP contribution is -2.50. The Labute approximate surface area is 172 Å². The van der Waals surface area contributed by atoms with Crippen LogP contribution >= 0.6 is 0 Å². The van der Waals surface area contributed by atoms with Gasteiger partial charge in [-0.1, -0.05) is 32.9 Å². The minimum Gasteiger partial charge on any atom is -0.498 e. The highest BCUT2D eigenvalue weighted by atomic mass is 32.2. The first kappa shape index (κ1) is 20.8. The molecule has 0 aliphatic heterocycles. The van der Waals surface area contributed by atoms with Crippen LogP contribution in [0.25, 0.3) is 0 Å². The zero-order chi connectivity index (χ0) is 21.2. The number of Topliss-reactive ketones (excluding diaryl/α,β-unsaturated/α-hetero) is 1. The quantitative estimate of drug-likeness (QED) is 0.500. The van der Waals surface area contributed by atoms with Gasteiger partial charge in [-0.15, -0.1) is 0 Å². The van der Waals surface area contributed by atoms with Crippen molar-refractivity contribution < 1.29 is 26.9 Å². The van der Waals surface area contributed by atoms with E-state index in [4.69, 9.17) is 8.92 Å². The van der Waals surface area contributed by atoms with Crippen LogP contribution in [0.15, 0.2) is 24.0 Å². The minimum absolute atomic E-state index is 0.0395.